The van der Waals surface area contributed by atoms with E-state index >= 15 is 0 Å². The fraction of sp³-hybridized carbons (Fsp3) is 0.440. The molecule has 0 radical (unpaired) electrons. The summed E-state index contributed by atoms with van der Waals surface area (Å²) in [7, 11) is 0. The van der Waals surface area contributed by atoms with E-state index in [-0.39, 0.29) is 23.7 Å². The van der Waals surface area contributed by atoms with Crippen molar-refractivity contribution in [3.63, 3.8) is 0 Å². The number of carbonyl (C=O) groups excluding carboxylic acids is 2. The second kappa shape index (κ2) is 10.1. The summed E-state index contributed by atoms with van der Waals surface area (Å²) in [5.74, 6) is 0.635. The molecule has 2 aliphatic rings. The van der Waals surface area contributed by atoms with Crippen molar-refractivity contribution in [3.8, 4) is 5.75 Å². The maximum absolute atomic E-state index is 13.1. The van der Waals surface area contributed by atoms with Gasteiger partial charge in [0.25, 0.3) is 5.91 Å². The summed E-state index contributed by atoms with van der Waals surface area (Å²) in [6.07, 6.45) is 1.62. The molecule has 2 aliphatic heterocycles. The first-order valence-electron chi connectivity index (χ1n) is 11.3. The number of hydrogen-bond donors (Lipinski definition) is 0. The van der Waals surface area contributed by atoms with Crippen LogP contribution in [0.15, 0.2) is 48.5 Å². The highest BCUT2D eigenvalue weighted by Gasteiger charge is 2.36. The first-order valence-corrected chi connectivity index (χ1v) is 11.3. The van der Waals surface area contributed by atoms with E-state index in [1.807, 2.05) is 41.0 Å². The zero-order valence-corrected chi connectivity index (χ0v) is 18.5. The highest BCUT2D eigenvalue weighted by molar-refractivity contribution is 5.94. The van der Waals surface area contributed by atoms with Gasteiger partial charge in [-0.2, -0.15) is 0 Å². The van der Waals surface area contributed by atoms with Gasteiger partial charge in [0.1, 0.15) is 11.6 Å². The van der Waals surface area contributed by atoms with Crippen LogP contribution in [-0.4, -0.2) is 71.9 Å². The lowest BCUT2D eigenvalue weighted by atomic mass is 10.2. The zero-order chi connectivity index (χ0) is 22.5. The predicted octanol–water partition coefficient (Wildman–Crippen LogP) is 3.17. The second-order valence-corrected chi connectivity index (χ2v) is 8.33. The molecule has 2 aromatic carbocycles. The van der Waals surface area contributed by atoms with Gasteiger partial charge in [-0.05, 0) is 61.7 Å². The summed E-state index contributed by atoms with van der Waals surface area (Å²) in [4.78, 5) is 31.9. The summed E-state index contributed by atoms with van der Waals surface area (Å²) in [6, 6.07) is 13.4. The number of rotatable bonds is 6. The van der Waals surface area contributed by atoms with Gasteiger partial charge in [-0.25, -0.2) is 4.39 Å². The fourth-order valence-corrected chi connectivity index (χ4v) is 4.52. The van der Waals surface area contributed by atoms with Crippen LogP contribution in [0.3, 0.4) is 0 Å². The number of carbonyl (C=O) groups is 2. The third-order valence-electron chi connectivity index (χ3n) is 6.23. The topological polar surface area (TPSA) is 53.1 Å². The van der Waals surface area contributed by atoms with E-state index in [2.05, 4.69) is 4.90 Å². The van der Waals surface area contributed by atoms with Crippen molar-refractivity contribution >= 4 is 11.8 Å². The third-order valence-corrected chi connectivity index (χ3v) is 6.23. The third kappa shape index (κ3) is 5.10. The Morgan fingerprint density at radius 1 is 1.00 bits per heavy atom. The molecule has 2 amide bonds. The Bertz CT molecular complexity index is 932. The quantitative estimate of drug-likeness (QED) is 0.694. The van der Waals surface area contributed by atoms with Gasteiger partial charge in [0.05, 0.1) is 12.6 Å². The Morgan fingerprint density at radius 3 is 2.47 bits per heavy atom. The normalized spacial score (nSPS) is 19.8. The number of amides is 2. The number of ether oxygens (including phenoxy) is 1. The van der Waals surface area contributed by atoms with Gasteiger partial charge in [-0.15, -0.1) is 0 Å². The molecule has 6 nitrogen and oxygen atoms in total. The van der Waals surface area contributed by atoms with Gasteiger partial charge in [0.2, 0.25) is 5.91 Å². The molecule has 170 valence electrons. The minimum absolute atomic E-state index is 0.0191. The van der Waals surface area contributed by atoms with E-state index in [0.29, 0.717) is 44.9 Å². The molecule has 0 aliphatic carbocycles. The molecule has 2 saturated heterocycles. The van der Waals surface area contributed by atoms with Gasteiger partial charge >= 0.3 is 0 Å². The minimum atomic E-state index is -0.270. The second-order valence-electron chi connectivity index (χ2n) is 8.33. The summed E-state index contributed by atoms with van der Waals surface area (Å²) in [5, 5.41) is 0. The highest BCUT2D eigenvalue weighted by atomic mass is 19.1. The number of hydrogen-bond acceptors (Lipinski definition) is 4. The van der Waals surface area contributed by atoms with Crippen molar-refractivity contribution in [2.24, 2.45) is 0 Å². The van der Waals surface area contributed by atoms with Gasteiger partial charge in [0, 0.05) is 44.8 Å². The molecule has 0 aromatic heterocycles. The molecule has 1 unspecified atom stereocenters. The Hall–Kier alpha value is -2.93. The Balaban J connectivity index is 1.33. The average molecular weight is 440 g/mol. The van der Waals surface area contributed by atoms with Crippen molar-refractivity contribution in [1.82, 2.24) is 14.7 Å². The minimum Gasteiger partial charge on any atom is -0.494 e. The van der Waals surface area contributed by atoms with Crippen LogP contribution in [0.25, 0.3) is 0 Å². The zero-order valence-electron chi connectivity index (χ0n) is 18.5. The Morgan fingerprint density at radius 2 is 1.75 bits per heavy atom. The Labute approximate surface area is 188 Å². The van der Waals surface area contributed by atoms with Crippen LogP contribution in [0.1, 0.15) is 35.7 Å². The van der Waals surface area contributed by atoms with Crippen LogP contribution >= 0.6 is 0 Å². The first-order chi connectivity index (χ1) is 15.5. The van der Waals surface area contributed by atoms with Crippen LogP contribution in [-0.2, 0) is 11.3 Å². The molecule has 32 heavy (non-hydrogen) atoms. The summed E-state index contributed by atoms with van der Waals surface area (Å²) in [6.45, 7) is 6.50. The standard InChI is InChI=1S/C25H30FN3O3/c1-2-32-22-10-6-20(7-11-22)24(30)28-14-3-13-27(16-17-28)23-12-15-29(25(23)31)18-19-4-8-21(26)9-5-19/h4-11,23H,2-3,12-18H2,1H3. The van der Waals surface area contributed by atoms with E-state index in [9.17, 15) is 14.0 Å². The van der Waals surface area contributed by atoms with E-state index in [1.165, 1.54) is 12.1 Å². The molecule has 2 fully saturated rings. The van der Waals surface area contributed by atoms with E-state index in [1.54, 1.807) is 12.1 Å². The maximum atomic E-state index is 13.1. The lowest BCUT2D eigenvalue weighted by Crippen LogP contribution is -2.44. The van der Waals surface area contributed by atoms with Crippen molar-refractivity contribution in [2.45, 2.75) is 32.4 Å². The summed E-state index contributed by atoms with van der Waals surface area (Å²) >= 11 is 0. The number of nitrogens with zero attached hydrogens (tertiary/aromatic N) is 3. The first kappa shape index (κ1) is 22.3. The molecule has 2 heterocycles. The summed E-state index contributed by atoms with van der Waals surface area (Å²) in [5.41, 5.74) is 1.59. The Kier molecular flexibility index (Phi) is 7.05. The lowest BCUT2D eigenvalue weighted by Gasteiger charge is -2.26. The van der Waals surface area contributed by atoms with Gasteiger partial charge in [-0.3, -0.25) is 14.5 Å². The van der Waals surface area contributed by atoms with Crippen LogP contribution in [0.5, 0.6) is 5.75 Å². The van der Waals surface area contributed by atoms with Gasteiger partial charge in [-0.1, -0.05) is 12.1 Å². The van der Waals surface area contributed by atoms with Crippen LogP contribution < -0.4 is 4.74 Å². The fourth-order valence-electron chi connectivity index (χ4n) is 4.52. The maximum Gasteiger partial charge on any atom is 0.253 e. The predicted molar refractivity (Wildman–Crippen MR) is 120 cm³/mol. The molecule has 0 saturated carbocycles. The van der Waals surface area contributed by atoms with Crippen molar-refractivity contribution < 1.29 is 18.7 Å². The molecule has 4 rings (SSSR count). The van der Waals surface area contributed by atoms with Crippen LogP contribution in [0.4, 0.5) is 4.39 Å². The molecule has 7 heteroatoms. The van der Waals surface area contributed by atoms with Crippen molar-refractivity contribution in [2.75, 3.05) is 39.3 Å². The SMILES string of the molecule is CCOc1ccc(C(=O)N2CCCN(C3CCN(Cc4ccc(F)cc4)C3=O)CC2)cc1. The monoisotopic (exact) mass is 439 g/mol. The largest absolute Gasteiger partial charge is 0.494 e. The average Bonchev–Trinajstić information content (AvgIpc) is 3.00. The number of halogens is 1. The van der Waals surface area contributed by atoms with Crippen molar-refractivity contribution in [3.05, 3.63) is 65.5 Å². The van der Waals surface area contributed by atoms with E-state index < -0.39 is 0 Å². The van der Waals surface area contributed by atoms with E-state index in [4.69, 9.17) is 4.74 Å². The van der Waals surface area contributed by atoms with Crippen LogP contribution in [0, 0.1) is 5.82 Å². The molecule has 1 atom stereocenters. The smallest absolute Gasteiger partial charge is 0.253 e. The molecular formula is C25H30FN3O3. The molecular weight excluding hydrogens is 409 g/mol. The number of likely N-dealkylation sites (tertiary alicyclic amines) is 1. The highest BCUT2D eigenvalue weighted by Crippen LogP contribution is 2.22. The molecule has 2 aromatic rings. The van der Waals surface area contributed by atoms with E-state index in [0.717, 1.165) is 30.7 Å². The summed E-state index contributed by atoms with van der Waals surface area (Å²) < 4.78 is 18.6. The molecule has 0 N–H and O–H groups in total. The number of benzene rings is 2. The van der Waals surface area contributed by atoms with Crippen molar-refractivity contribution in [1.29, 1.82) is 0 Å². The molecule has 0 bridgehead atoms. The van der Waals surface area contributed by atoms with Gasteiger partial charge in [0.15, 0.2) is 0 Å². The molecule has 0 spiro atoms. The van der Waals surface area contributed by atoms with Gasteiger partial charge < -0.3 is 14.5 Å². The van der Waals surface area contributed by atoms with Crippen LogP contribution in [0.2, 0.25) is 0 Å². The lowest BCUT2D eigenvalue weighted by molar-refractivity contribution is -0.132.